The van der Waals surface area contributed by atoms with Crippen LogP contribution in [0.4, 0.5) is 30.7 Å². The highest BCUT2D eigenvalue weighted by molar-refractivity contribution is 5.82. The summed E-state index contributed by atoms with van der Waals surface area (Å²) in [6.07, 6.45) is -7.25. The molecule has 1 aliphatic rings. The lowest BCUT2D eigenvalue weighted by Crippen LogP contribution is -2.55. The summed E-state index contributed by atoms with van der Waals surface area (Å²) in [5, 5.41) is 3.66. The van der Waals surface area contributed by atoms with Gasteiger partial charge in [-0.1, -0.05) is 0 Å². The zero-order valence-corrected chi connectivity index (χ0v) is 9.46. The van der Waals surface area contributed by atoms with E-state index in [1.54, 1.807) is 0 Å². The van der Waals surface area contributed by atoms with Crippen molar-refractivity contribution < 1.29 is 35.5 Å². The van der Waals surface area contributed by atoms with Gasteiger partial charge in [-0.15, -0.1) is 0 Å². The number of nitrogens with one attached hydrogen (secondary N) is 2. The Labute approximate surface area is 103 Å². The van der Waals surface area contributed by atoms with Crippen LogP contribution in [0.1, 0.15) is 12.8 Å². The fourth-order valence-corrected chi connectivity index (χ4v) is 1.51. The van der Waals surface area contributed by atoms with Gasteiger partial charge in [-0.3, -0.25) is 4.79 Å². The van der Waals surface area contributed by atoms with E-state index in [-0.39, 0.29) is 6.54 Å². The molecule has 0 aliphatic carbocycles. The molecule has 1 heterocycles. The lowest BCUT2D eigenvalue weighted by Gasteiger charge is -2.29. The van der Waals surface area contributed by atoms with Crippen molar-refractivity contribution in [1.29, 1.82) is 0 Å². The molecule has 0 spiro atoms. The van der Waals surface area contributed by atoms with Crippen LogP contribution >= 0.6 is 0 Å². The Morgan fingerprint density at radius 1 is 1.26 bits per heavy atom. The van der Waals surface area contributed by atoms with E-state index in [9.17, 15) is 35.5 Å². The molecule has 0 aromatic heterocycles. The molecule has 0 aromatic carbocycles. The van der Waals surface area contributed by atoms with Crippen molar-refractivity contribution >= 4 is 5.91 Å². The van der Waals surface area contributed by atoms with Gasteiger partial charge in [0.25, 0.3) is 5.92 Å². The van der Waals surface area contributed by atoms with Crippen molar-refractivity contribution in [1.82, 2.24) is 10.6 Å². The predicted molar refractivity (Wildman–Crippen MR) is 50.0 cm³/mol. The topological polar surface area (TPSA) is 41.1 Å². The molecule has 112 valence electrons. The SMILES string of the molecule is O=C(NCC(F)(F)C(F)(F)F)C1CC(F)(F)CCN1. The molecular weight excluding hydrogens is 285 g/mol. The minimum Gasteiger partial charge on any atom is -0.348 e. The van der Waals surface area contributed by atoms with Crippen molar-refractivity contribution in [2.24, 2.45) is 0 Å². The maximum atomic E-state index is 12.9. The molecule has 1 aliphatic heterocycles. The third kappa shape index (κ3) is 4.22. The average Bonchev–Trinajstić information content (AvgIpc) is 2.23. The Morgan fingerprint density at radius 2 is 1.84 bits per heavy atom. The molecule has 10 heteroatoms. The maximum Gasteiger partial charge on any atom is 0.455 e. The Kier molecular flexibility index (Phi) is 4.33. The smallest absolute Gasteiger partial charge is 0.348 e. The molecule has 1 saturated heterocycles. The van der Waals surface area contributed by atoms with Crippen molar-refractivity contribution in [3.63, 3.8) is 0 Å². The largest absolute Gasteiger partial charge is 0.455 e. The summed E-state index contributed by atoms with van der Waals surface area (Å²) in [4.78, 5) is 11.3. The fraction of sp³-hybridized carbons (Fsp3) is 0.889. The highest BCUT2D eigenvalue weighted by Gasteiger charge is 2.57. The van der Waals surface area contributed by atoms with Crippen molar-refractivity contribution in [2.75, 3.05) is 13.1 Å². The molecule has 0 bridgehead atoms. The third-order valence-electron chi connectivity index (χ3n) is 2.60. The lowest BCUT2D eigenvalue weighted by atomic mass is 10.0. The number of amides is 1. The van der Waals surface area contributed by atoms with E-state index in [4.69, 9.17) is 0 Å². The highest BCUT2D eigenvalue weighted by atomic mass is 19.4. The Balaban J connectivity index is 2.52. The van der Waals surface area contributed by atoms with Gasteiger partial charge < -0.3 is 10.6 Å². The van der Waals surface area contributed by atoms with Crippen LogP contribution in [-0.2, 0) is 4.79 Å². The number of hydrogen-bond acceptors (Lipinski definition) is 2. The summed E-state index contributed by atoms with van der Waals surface area (Å²) in [6, 6.07) is -1.48. The molecule has 19 heavy (non-hydrogen) atoms. The summed E-state index contributed by atoms with van der Waals surface area (Å²) in [6.45, 7) is -2.19. The van der Waals surface area contributed by atoms with Gasteiger partial charge in [-0.25, -0.2) is 8.78 Å². The van der Waals surface area contributed by atoms with Crippen molar-refractivity contribution in [2.45, 2.75) is 36.9 Å². The van der Waals surface area contributed by atoms with E-state index < -0.39 is 49.4 Å². The number of carbonyl (C=O) groups is 1. The minimum atomic E-state index is -5.80. The number of piperidine rings is 1. The van der Waals surface area contributed by atoms with Crippen LogP contribution < -0.4 is 10.6 Å². The predicted octanol–water partition coefficient (Wildman–Crippen LogP) is 1.69. The summed E-state index contributed by atoms with van der Waals surface area (Å²) in [5.41, 5.74) is 0. The monoisotopic (exact) mass is 296 g/mol. The molecule has 0 radical (unpaired) electrons. The van der Waals surface area contributed by atoms with E-state index in [0.29, 0.717) is 0 Å². The van der Waals surface area contributed by atoms with Gasteiger partial charge in [0.05, 0.1) is 12.6 Å². The molecule has 3 nitrogen and oxygen atoms in total. The third-order valence-corrected chi connectivity index (χ3v) is 2.60. The second kappa shape index (κ2) is 5.14. The number of hydrogen-bond donors (Lipinski definition) is 2. The van der Waals surface area contributed by atoms with E-state index in [1.807, 2.05) is 0 Å². The average molecular weight is 296 g/mol. The minimum absolute atomic E-state index is 0.221. The molecule has 0 saturated carbocycles. The van der Waals surface area contributed by atoms with Crippen LogP contribution in [0.5, 0.6) is 0 Å². The normalized spacial score (nSPS) is 24.1. The second-order valence-corrected chi connectivity index (χ2v) is 4.24. The molecule has 0 aromatic rings. The highest BCUT2D eigenvalue weighted by Crippen LogP contribution is 2.34. The molecule has 1 unspecified atom stereocenters. The Hall–Kier alpha value is -1.06. The first-order chi connectivity index (χ1) is 8.45. The molecule has 1 atom stereocenters. The molecule has 1 rings (SSSR count). The van der Waals surface area contributed by atoms with E-state index in [1.165, 1.54) is 5.32 Å². The molecule has 1 amide bonds. The Bertz CT molecular complexity index is 342. The summed E-state index contributed by atoms with van der Waals surface area (Å²) in [7, 11) is 0. The van der Waals surface area contributed by atoms with Gasteiger partial charge in [-0.2, -0.15) is 22.0 Å². The van der Waals surface area contributed by atoms with Crippen LogP contribution in [0, 0.1) is 0 Å². The van der Waals surface area contributed by atoms with Gasteiger partial charge in [-0.05, 0) is 0 Å². The van der Waals surface area contributed by atoms with Crippen molar-refractivity contribution in [3.05, 3.63) is 0 Å². The number of rotatable bonds is 3. The van der Waals surface area contributed by atoms with Crippen LogP contribution in [0.15, 0.2) is 0 Å². The quantitative estimate of drug-likeness (QED) is 0.778. The first-order valence-corrected chi connectivity index (χ1v) is 5.28. The first-order valence-electron chi connectivity index (χ1n) is 5.28. The van der Waals surface area contributed by atoms with Gasteiger partial charge in [0.1, 0.15) is 0 Å². The van der Waals surface area contributed by atoms with Crippen LogP contribution in [0.2, 0.25) is 0 Å². The molecule has 2 N–H and O–H groups in total. The zero-order chi connectivity index (χ0) is 14.9. The van der Waals surface area contributed by atoms with Crippen molar-refractivity contribution in [3.8, 4) is 0 Å². The molecule has 1 fully saturated rings. The standard InChI is InChI=1S/C9H11F7N2O/c10-7(11)1-2-17-5(3-7)6(19)18-4-8(12,13)9(14,15)16/h5,17H,1-4H2,(H,18,19). The first kappa shape index (κ1) is 16.0. The van der Waals surface area contributed by atoms with Gasteiger partial charge in [0, 0.05) is 19.4 Å². The number of carbonyl (C=O) groups excluding carboxylic acids is 1. The van der Waals surface area contributed by atoms with Gasteiger partial charge >= 0.3 is 12.1 Å². The van der Waals surface area contributed by atoms with Crippen LogP contribution in [-0.4, -0.2) is 43.1 Å². The summed E-state index contributed by atoms with van der Waals surface area (Å²) < 4.78 is 86.3. The second-order valence-electron chi connectivity index (χ2n) is 4.24. The summed E-state index contributed by atoms with van der Waals surface area (Å²) in [5.74, 6) is -9.54. The lowest BCUT2D eigenvalue weighted by molar-refractivity contribution is -0.278. The number of alkyl halides is 7. The summed E-state index contributed by atoms with van der Waals surface area (Å²) >= 11 is 0. The fourth-order valence-electron chi connectivity index (χ4n) is 1.51. The molecular formula is C9H11F7N2O. The maximum absolute atomic E-state index is 12.9. The zero-order valence-electron chi connectivity index (χ0n) is 9.46. The van der Waals surface area contributed by atoms with Crippen LogP contribution in [0.3, 0.4) is 0 Å². The van der Waals surface area contributed by atoms with E-state index in [0.717, 1.165) is 0 Å². The van der Waals surface area contributed by atoms with E-state index >= 15 is 0 Å². The van der Waals surface area contributed by atoms with Gasteiger partial charge in [0.15, 0.2) is 0 Å². The van der Waals surface area contributed by atoms with Crippen LogP contribution in [0.25, 0.3) is 0 Å². The van der Waals surface area contributed by atoms with Gasteiger partial charge in [0.2, 0.25) is 5.91 Å². The van der Waals surface area contributed by atoms with E-state index in [2.05, 4.69) is 5.32 Å². The number of halogens is 7. The Morgan fingerprint density at radius 3 is 2.32 bits per heavy atom.